The molecular formula is C43H53NaO10S3. The number of ether oxygens (including phenoxy) is 3. The van der Waals surface area contributed by atoms with Gasteiger partial charge in [-0.1, -0.05) is 93.9 Å². The van der Waals surface area contributed by atoms with Gasteiger partial charge in [-0.15, -0.1) is 0 Å². The summed E-state index contributed by atoms with van der Waals surface area (Å²) in [6.07, 6.45) is 0.162. The third-order valence-electron chi connectivity index (χ3n) is 9.20. The second kappa shape index (κ2) is 22.1. The number of benzene rings is 5. The van der Waals surface area contributed by atoms with E-state index in [1.165, 1.54) is 11.1 Å². The van der Waals surface area contributed by atoms with E-state index in [0.29, 0.717) is 19.0 Å². The Morgan fingerprint density at radius 3 is 1.25 bits per heavy atom. The van der Waals surface area contributed by atoms with E-state index >= 15 is 0 Å². The van der Waals surface area contributed by atoms with E-state index in [2.05, 4.69) is 44.0 Å². The first-order valence-corrected chi connectivity index (χ1v) is 18.9. The van der Waals surface area contributed by atoms with Crippen molar-refractivity contribution in [1.82, 2.24) is 0 Å². The van der Waals surface area contributed by atoms with Crippen molar-refractivity contribution in [2.45, 2.75) is 57.7 Å². The van der Waals surface area contributed by atoms with Crippen LogP contribution in [0.15, 0.2) is 121 Å². The molecule has 3 N–H and O–H groups in total. The zero-order valence-corrected chi connectivity index (χ0v) is 38.0. The third kappa shape index (κ3) is 15.7. The fourth-order valence-electron chi connectivity index (χ4n) is 5.35. The predicted molar refractivity (Wildman–Crippen MR) is 229 cm³/mol. The summed E-state index contributed by atoms with van der Waals surface area (Å²) in [5.41, 5.74) is 5.38. The smallest absolute Gasteiger partial charge is 1.00 e. The van der Waals surface area contributed by atoms with Crippen LogP contribution in [0.3, 0.4) is 0 Å². The molecule has 0 aromatic heterocycles. The van der Waals surface area contributed by atoms with Gasteiger partial charge >= 0.3 is 40.0 Å². The molecule has 0 amide bonds. The minimum Gasteiger partial charge on any atom is -1.00 e. The fraction of sp³-hybridized carbons (Fsp3) is 0.302. The Kier molecular flexibility index (Phi) is 19.3. The van der Waals surface area contributed by atoms with Crippen LogP contribution in [0, 0.1) is 6.92 Å². The van der Waals surface area contributed by atoms with Crippen LogP contribution in [0.1, 0.15) is 56.9 Å². The molecule has 2 aliphatic heterocycles. The van der Waals surface area contributed by atoms with E-state index in [1.54, 1.807) is 60.7 Å². The van der Waals surface area contributed by atoms with Crippen LogP contribution in [0.2, 0.25) is 0 Å². The summed E-state index contributed by atoms with van der Waals surface area (Å²) in [6.45, 7) is 12.5. The average molecular weight is 849 g/mol. The molecule has 10 nitrogen and oxygen atoms in total. The summed E-state index contributed by atoms with van der Waals surface area (Å²) in [6, 6.07) is 36.7. The Morgan fingerprint density at radius 1 is 0.579 bits per heavy atom. The number of hydrogen-bond acceptors (Lipinski definition) is 10. The maximum atomic E-state index is 11.3. The molecule has 0 unspecified atom stereocenters. The maximum Gasteiger partial charge on any atom is 1.00 e. The van der Waals surface area contributed by atoms with Crippen LogP contribution in [0.5, 0.6) is 28.7 Å². The number of phenols is 3. The number of phenolic OH excluding ortho intramolecular Hbond substituents is 3. The molecule has 0 spiro atoms. The van der Waals surface area contributed by atoms with E-state index in [4.69, 9.17) is 18.4 Å². The van der Waals surface area contributed by atoms with E-state index in [1.807, 2.05) is 55.5 Å². The molecule has 2 fully saturated rings. The van der Waals surface area contributed by atoms with Gasteiger partial charge in [0.2, 0.25) is 0 Å². The van der Waals surface area contributed by atoms with Crippen molar-refractivity contribution in [3.05, 3.63) is 149 Å². The predicted octanol–water partition coefficient (Wildman–Crippen LogP) is 5.30. The second-order valence-corrected chi connectivity index (χ2v) is 15.4. The molecule has 5 aromatic rings. The number of rotatable bonds is 12. The van der Waals surface area contributed by atoms with Gasteiger partial charge in [-0.05, 0) is 89.8 Å². The molecule has 2 atom stereocenters. The first kappa shape index (κ1) is 49.8. The zero-order chi connectivity index (χ0) is 38.9. The number of aromatic hydroxyl groups is 3. The summed E-state index contributed by atoms with van der Waals surface area (Å²) >= 11 is 0. The SMILES string of the molecule is CC(C)(c1ccc(O)cc1)c1ccc(O)cc1.CC(C)(c1ccc(O)cc1)c1ccc(OC[C@@H]2CO2)cc1.Cc1ccc(OS(=O)(=O)OC[C@@H]2CO2)cc1.S.S.[H-].[Na+]. The fourth-order valence-corrected chi connectivity index (χ4v) is 6.06. The van der Waals surface area contributed by atoms with Crippen LogP contribution in [-0.2, 0) is 34.9 Å². The van der Waals surface area contributed by atoms with Crippen molar-refractivity contribution < 1.29 is 77.3 Å². The van der Waals surface area contributed by atoms with Crippen molar-refractivity contribution in [2.24, 2.45) is 0 Å². The topological polar surface area (TPSA) is 148 Å². The molecule has 2 saturated heterocycles. The largest absolute Gasteiger partial charge is 1.00 e. The summed E-state index contributed by atoms with van der Waals surface area (Å²) < 4.78 is 47.6. The van der Waals surface area contributed by atoms with Gasteiger partial charge in [0, 0.05) is 10.8 Å². The molecule has 2 aliphatic rings. The van der Waals surface area contributed by atoms with E-state index in [-0.39, 0.29) is 105 Å². The van der Waals surface area contributed by atoms with Crippen LogP contribution >= 0.6 is 27.0 Å². The molecule has 5 aromatic carbocycles. The van der Waals surface area contributed by atoms with Gasteiger partial charge in [-0.3, -0.25) is 0 Å². The number of epoxide rings is 2. The first-order chi connectivity index (χ1) is 25.6. The van der Waals surface area contributed by atoms with Gasteiger partial charge in [0.1, 0.15) is 47.6 Å². The van der Waals surface area contributed by atoms with Crippen LogP contribution in [-0.4, -0.2) is 62.4 Å². The third-order valence-corrected chi connectivity index (χ3v) is 10.0. The van der Waals surface area contributed by atoms with Gasteiger partial charge < -0.3 is 35.1 Å². The van der Waals surface area contributed by atoms with Crippen molar-refractivity contribution in [2.75, 3.05) is 26.4 Å². The standard InChI is InChI=1S/C18H20O3.C15H16O2.C10H12O5S.Na.2H2S.H/c1-18(2,13-3-7-15(19)8-4-13)14-5-9-16(10-6-14)20-11-17-12-21-17;1-15(2,11-3-7-13(16)8-4-11)12-5-9-14(17)10-6-12;1-8-2-4-9(5-3-8)15-16(11,12)14-7-10-6-13-10;;;;/h3-10,17,19H,11-12H2,1-2H3;3-10,16-17H,1-2H3;2-5,10H,6-7H2,1H3;;2*1H2;/q;;;+1;;;-1/t17-;;10-;;;;/m1.0..../s1. The molecule has 0 saturated carbocycles. The molecular weight excluding hydrogens is 796 g/mol. The first-order valence-electron chi connectivity index (χ1n) is 17.6. The van der Waals surface area contributed by atoms with Gasteiger partial charge in [0.15, 0.2) is 0 Å². The molecule has 0 bridgehead atoms. The quantitative estimate of drug-likeness (QED) is 0.112. The Bertz CT molecular complexity index is 1990. The number of hydrogen-bond donors (Lipinski definition) is 3. The molecule has 7 rings (SSSR count). The van der Waals surface area contributed by atoms with Crippen molar-refractivity contribution >= 4 is 37.4 Å². The summed E-state index contributed by atoms with van der Waals surface area (Å²) in [5.74, 6) is 1.95. The van der Waals surface area contributed by atoms with Crippen molar-refractivity contribution in [1.29, 1.82) is 0 Å². The summed E-state index contributed by atoms with van der Waals surface area (Å²) in [5, 5.41) is 28.0. The van der Waals surface area contributed by atoms with Gasteiger partial charge in [0.25, 0.3) is 0 Å². The van der Waals surface area contributed by atoms with E-state index < -0.39 is 10.4 Å². The molecule has 0 aliphatic carbocycles. The maximum absolute atomic E-state index is 11.3. The van der Waals surface area contributed by atoms with Gasteiger partial charge in [0.05, 0.1) is 19.8 Å². The molecule has 0 radical (unpaired) electrons. The van der Waals surface area contributed by atoms with Gasteiger partial charge in [-0.2, -0.15) is 35.4 Å². The Balaban J connectivity index is 0.000000425. The van der Waals surface area contributed by atoms with Gasteiger partial charge in [-0.25, -0.2) is 4.18 Å². The second-order valence-electron chi connectivity index (χ2n) is 14.2. The van der Waals surface area contributed by atoms with Crippen LogP contribution < -0.4 is 38.5 Å². The van der Waals surface area contributed by atoms with Crippen molar-refractivity contribution in [3.8, 4) is 28.7 Å². The summed E-state index contributed by atoms with van der Waals surface area (Å²) in [4.78, 5) is 0. The van der Waals surface area contributed by atoms with E-state index in [0.717, 1.165) is 29.0 Å². The van der Waals surface area contributed by atoms with Crippen LogP contribution in [0.25, 0.3) is 0 Å². The Labute approximate surface area is 374 Å². The number of aryl methyl sites for hydroxylation is 1. The average Bonchev–Trinajstić information content (AvgIpc) is 4.09. The monoisotopic (exact) mass is 848 g/mol. The van der Waals surface area contributed by atoms with Crippen LogP contribution in [0.4, 0.5) is 0 Å². The Hall–Kier alpha value is -3.37. The minimum atomic E-state index is -3.98. The minimum absolute atomic E-state index is 0. The molecule has 304 valence electrons. The molecule has 14 heteroatoms. The zero-order valence-electron chi connectivity index (χ0n) is 34.1. The normalized spacial score (nSPS) is 15.3. The van der Waals surface area contributed by atoms with Crippen molar-refractivity contribution in [3.63, 3.8) is 0 Å². The van der Waals surface area contributed by atoms with E-state index in [9.17, 15) is 23.7 Å². The molecule has 2 heterocycles. The summed E-state index contributed by atoms with van der Waals surface area (Å²) in [7, 11) is -3.98. The Morgan fingerprint density at radius 2 is 0.895 bits per heavy atom. The molecule has 57 heavy (non-hydrogen) atoms.